The molecule has 0 aliphatic heterocycles. The Morgan fingerprint density at radius 3 is 2.67 bits per heavy atom. The number of aromatic nitrogens is 7. The van der Waals surface area contributed by atoms with Crippen molar-refractivity contribution in [2.24, 2.45) is 0 Å². The van der Waals surface area contributed by atoms with Gasteiger partial charge in [0.1, 0.15) is 11.5 Å². The summed E-state index contributed by atoms with van der Waals surface area (Å²) in [6.07, 6.45) is 1.63. The maximum atomic E-state index is 14.4. The van der Waals surface area contributed by atoms with Gasteiger partial charge in [-0.2, -0.15) is 9.78 Å². The molecule has 0 bridgehead atoms. The Kier molecular flexibility index (Phi) is 5.09. The van der Waals surface area contributed by atoms with E-state index in [4.69, 9.17) is 4.98 Å². The van der Waals surface area contributed by atoms with Crippen LogP contribution in [0.25, 0.3) is 28.0 Å². The number of rotatable bonds is 5. The monoisotopic (exact) mass is 442 g/mol. The van der Waals surface area contributed by atoms with E-state index in [9.17, 15) is 9.18 Å². The van der Waals surface area contributed by atoms with E-state index in [1.807, 2.05) is 37.3 Å². The summed E-state index contributed by atoms with van der Waals surface area (Å²) in [6.45, 7) is 4.24. The average molecular weight is 442 g/mol. The molecule has 0 aliphatic rings. The fourth-order valence-electron chi connectivity index (χ4n) is 3.63. The lowest BCUT2D eigenvalue weighted by atomic mass is 10.1. The maximum absolute atomic E-state index is 14.4. The zero-order valence-corrected chi connectivity index (χ0v) is 17.9. The van der Waals surface area contributed by atoms with Crippen molar-refractivity contribution in [1.29, 1.82) is 0 Å². The van der Waals surface area contributed by atoms with Gasteiger partial charge in [-0.05, 0) is 48.5 Å². The summed E-state index contributed by atoms with van der Waals surface area (Å²) in [5.74, 6) is -0.445. The van der Waals surface area contributed by atoms with E-state index >= 15 is 0 Å². The van der Waals surface area contributed by atoms with Crippen LogP contribution in [0.3, 0.4) is 0 Å². The van der Waals surface area contributed by atoms with Gasteiger partial charge in [0.2, 0.25) is 0 Å². The first-order chi connectivity index (χ1) is 16.0. The molecule has 0 unspecified atom stereocenters. The molecule has 0 radical (unpaired) electrons. The van der Waals surface area contributed by atoms with Crippen molar-refractivity contribution in [1.82, 2.24) is 35.0 Å². The third kappa shape index (κ3) is 3.71. The number of anilines is 1. The summed E-state index contributed by atoms with van der Waals surface area (Å²) in [4.78, 5) is 18.1. The summed E-state index contributed by atoms with van der Waals surface area (Å²) < 4.78 is 17.4. The van der Waals surface area contributed by atoms with Gasteiger partial charge in [0.05, 0.1) is 22.8 Å². The number of hydrogen-bond acceptors (Lipinski definition) is 6. The van der Waals surface area contributed by atoms with E-state index in [2.05, 4.69) is 25.9 Å². The highest BCUT2D eigenvalue weighted by Gasteiger charge is 2.18. The Morgan fingerprint density at radius 1 is 1.12 bits per heavy atom. The van der Waals surface area contributed by atoms with Crippen molar-refractivity contribution in [3.63, 3.8) is 0 Å². The standard InChI is InChI=1S/C23H19FN8O/c1-3-31-22-18(13-25-31)17(12-20(27-22)15-7-5-4-6-8-15)23(33)26-16-9-10-19(24)21(11-16)32-14(2)28-29-30-32/h4-13H,3H2,1-2H3,(H,26,33). The third-order valence-electron chi connectivity index (χ3n) is 5.28. The highest BCUT2D eigenvalue weighted by atomic mass is 19.1. The molecule has 0 atom stereocenters. The molecule has 1 N–H and O–H groups in total. The summed E-state index contributed by atoms with van der Waals surface area (Å²) in [7, 11) is 0. The second-order valence-corrected chi connectivity index (χ2v) is 7.38. The minimum Gasteiger partial charge on any atom is -0.322 e. The van der Waals surface area contributed by atoms with Crippen molar-refractivity contribution in [2.45, 2.75) is 20.4 Å². The number of amides is 1. The second-order valence-electron chi connectivity index (χ2n) is 7.38. The number of nitrogens with one attached hydrogen (secondary N) is 1. The van der Waals surface area contributed by atoms with Crippen LogP contribution in [0.1, 0.15) is 23.1 Å². The van der Waals surface area contributed by atoms with E-state index in [0.29, 0.717) is 40.3 Å². The smallest absolute Gasteiger partial charge is 0.256 e. The molecular weight excluding hydrogens is 423 g/mol. The van der Waals surface area contributed by atoms with Crippen LogP contribution in [0.5, 0.6) is 0 Å². The van der Waals surface area contributed by atoms with Gasteiger partial charge in [0.25, 0.3) is 5.91 Å². The number of pyridine rings is 1. The molecule has 9 nitrogen and oxygen atoms in total. The van der Waals surface area contributed by atoms with E-state index < -0.39 is 5.82 Å². The minimum atomic E-state index is -0.509. The molecule has 0 aliphatic carbocycles. The van der Waals surface area contributed by atoms with Crippen LogP contribution in [0.2, 0.25) is 0 Å². The molecule has 10 heteroatoms. The van der Waals surface area contributed by atoms with Crippen molar-refractivity contribution >= 4 is 22.6 Å². The van der Waals surface area contributed by atoms with Gasteiger partial charge in [-0.1, -0.05) is 30.3 Å². The highest BCUT2D eigenvalue weighted by Crippen LogP contribution is 2.26. The molecule has 5 aromatic rings. The van der Waals surface area contributed by atoms with Gasteiger partial charge in [-0.25, -0.2) is 14.1 Å². The number of tetrazole rings is 1. The molecule has 3 aromatic heterocycles. The zero-order valence-electron chi connectivity index (χ0n) is 17.9. The molecule has 3 heterocycles. The first-order valence-corrected chi connectivity index (χ1v) is 10.3. The van der Waals surface area contributed by atoms with Crippen LogP contribution in [0, 0.1) is 12.7 Å². The number of aryl methyl sites for hydroxylation is 2. The van der Waals surface area contributed by atoms with E-state index in [1.54, 1.807) is 23.9 Å². The topological polar surface area (TPSA) is 103 Å². The second kappa shape index (κ2) is 8.23. The van der Waals surface area contributed by atoms with Crippen molar-refractivity contribution in [3.8, 4) is 16.9 Å². The molecule has 0 saturated heterocycles. The number of carbonyl (C=O) groups excluding carboxylic acids is 1. The first kappa shape index (κ1) is 20.4. The number of fused-ring (bicyclic) bond motifs is 1. The van der Waals surface area contributed by atoms with Crippen LogP contribution in [0.15, 0.2) is 60.8 Å². The molecule has 5 rings (SSSR count). The van der Waals surface area contributed by atoms with Crippen molar-refractivity contribution < 1.29 is 9.18 Å². The lowest BCUT2D eigenvalue weighted by Crippen LogP contribution is -2.14. The fraction of sp³-hybridized carbons (Fsp3) is 0.130. The molecule has 33 heavy (non-hydrogen) atoms. The summed E-state index contributed by atoms with van der Waals surface area (Å²) in [5.41, 5.74) is 3.12. The Hall–Kier alpha value is -4.47. The van der Waals surface area contributed by atoms with Gasteiger partial charge in [-0.3, -0.25) is 4.79 Å². The Bertz CT molecular complexity index is 1470. The van der Waals surface area contributed by atoms with Crippen LogP contribution in [0.4, 0.5) is 10.1 Å². The molecule has 164 valence electrons. The summed E-state index contributed by atoms with van der Waals surface area (Å²) >= 11 is 0. The number of nitrogens with zero attached hydrogens (tertiary/aromatic N) is 7. The number of benzene rings is 2. The zero-order chi connectivity index (χ0) is 22.9. The Labute approximate surface area is 187 Å². The summed E-state index contributed by atoms with van der Waals surface area (Å²) in [5, 5.41) is 19.0. The Balaban J connectivity index is 1.56. The number of carbonyl (C=O) groups is 1. The minimum absolute atomic E-state index is 0.138. The summed E-state index contributed by atoms with van der Waals surface area (Å²) in [6, 6.07) is 15.6. The highest BCUT2D eigenvalue weighted by molar-refractivity contribution is 6.12. The molecular formula is C23H19FN8O. The lowest BCUT2D eigenvalue weighted by molar-refractivity contribution is 0.102. The fourth-order valence-corrected chi connectivity index (χ4v) is 3.63. The number of halogens is 1. The van der Waals surface area contributed by atoms with E-state index in [1.165, 1.54) is 22.9 Å². The van der Waals surface area contributed by atoms with E-state index in [-0.39, 0.29) is 11.6 Å². The first-order valence-electron chi connectivity index (χ1n) is 10.3. The third-order valence-corrected chi connectivity index (χ3v) is 5.28. The molecule has 0 spiro atoms. The van der Waals surface area contributed by atoms with Gasteiger partial charge < -0.3 is 5.32 Å². The largest absolute Gasteiger partial charge is 0.322 e. The number of hydrogen-bond donors (Lipinski definition) is 1. The quantitative estimate of drug-likeness (QED) is 0.444. The molecule has 1 amide bonds. The van der Waals surface area contributed by atoms with Crippen molar-refractivity contribution in [3.05, 3.63) is 78.0 Å². The van der Waals surface area contributed by atoms with Crippen LogP contribution < -0.4 is 5.32 Å². The van der Waals surface area contributed by atoms with Crippen LogP contribution in [-0.2, 0) is 6.54 Å². The molecule has 0 saturated carbocycles. The Morgan fingerprint density at radius 2 is 1.94 bits per heavy atom. The lowest BCUT2D eigenvalue weighted by Gasteiger charge is -2.11. The predicted octanol–water partition coefficient (Wildman–Crippen LogP) is 3.79. The van der Waals surface area contributed by atoms with Gasteiger partial charge in [0.15, 0.2) is 11.5 Å². The normalized spacial score (nSPS) is 11.1. The maximum Gasteiger partial charge on any atom is 0.256 e. The van der Waals surface area contributed by atoms with Gasteiger partial charge >= 0.3 is 0 Å². The SMILES string of the molecule is CCn1ncc2c(C(=O)Nc3ccc(F)c(-n4nnnc4C)c3)cc(-c3ccccc3)nc21. The van der Waals surface area contributed by atoms with Crippen molar-refractivity contribution in [2.75, 3.05) is 5.32 Å². The predicted molar refractivity (Wildman–Crippen MR) is 120 cm³/mol. The van der Waals surface area contributed by atoms with Crippen LogP contribution >= 0.6 is 0 Å². The average Bonchev–Trinajstić information content (AvgIpc) is 3.46. The van der Waals surface area contributed by atoms with Crippen LogP contribution in [-0.4, -0.2) is 40.9 Å². The molecule has 2 aromatic carbocycles. The van der Waals surface area contributed by atoms with Gasteiger partial charge in [0, 0.05) is 17.8 Å². The molecule has 0 fully saturated rings. The van der Waals surface area contributed by atoms with Gasteiger partial charge in [-0.15, -0.1) is 5.10 Å². The van der Waals surface area contributed by atoms with E-state index in [0.717, 1.165) is 5.56 Å².